The Labute approximate surface area is 110 Å². The molecular weight excluding hydrogens is 257 g/mol. The van der Waals surface area contributed by atoms with E-state index in [0.717, 1.165) is 18.4 Å². The highest BCUT2D eigenvalue weighted by Gasteiger charge is 2.32. The van der Waals surface area contributed by atoms with Crippen LogP contribution in [0, 0.1) is 0 Å². The number of nitrogens with zero attached hydrogens (tertiary/aromatic N) is 1. The van der Waals surface area contributed by atoms with E-state index >= 15 is 0 Å². The number of nitrogens with two attached hydrogens (primary N) is 1. The normalized spacial score (nSPS) is 16.0. The maximum atomic E-state index is 11.9. The minimum absolute atomic E-state index is 0.277. The zero-order valence-corrected chi connectivity index (χ0v) is 10.5. The molecule has 3 nitrogen and oxygen atoms in total. The Kier molecular flexibility index (Phi) is 4.31. The van der Waals surface area contributed by atoms with Crippen LogP contribution in [0.25, 0.3) is 0 Å². The Morgan fingerprint density at radius 2 is 2.05 bits per heavy atom. The van der Waals surface area contributed by atoms with Crippen LogP contribution in [0.4, 0.5) is 18.9 Å². The van der Waals surface area contributed by atoms with E-state index in [1.807, 2.05) is 23.1 Å². The molecule has 0 spiro atoms. The molecule has 1 aliphatic carbocycles. The Bertz CT molecular complexity index is 419. The van der Waals surface area contributed by atoms with Gasteiger partial charge in [0.15, 0.2) is 0 Å². The Morgan fingerprint density at radius 3 is 2.63 bits per heavy atom. The number of ether oxygens (including phenoxy) is 1. The van der Waals surface area contributed by atoms with Crippen LogP contribution in [-0.4, -0.2) is 30.5 Å². The van der Waals surface area contributed by atoms with Crippen molar-refractivity contribution >= 4 is 5.69 Å². The largest absolute Gasteiger partial charge is 0.522 e. The molecule has 0 unspecified atom stereocenters. The van der Waals surface area contributed by atoms with Gasteiger partial charge < -0.3 is 5.73 Å². The average Bonchev–Trinajstić information content (AvgIpc) is 3.10. The van der Waals surface area contributed by atoms with Gasteiger partial charge in [-0.05, 0) is 30.5 Å². The number of alkyl halides is 3. The predicted molar refractivity (Wildman–Crippen MR) is 66.3 cm³/mol. The smallest absolute Gasteiger partial charge is 0.399 e. The van der Waals surface area contributed by atoms with Gasteiger partial charge in [0.05, 0.1) is 6.61 Å². The van der Waals surface area contributed by atoms with Crippen molar-refractivity contribution in [1.82, 2.24) is 4.90 Å². The molecule has 19 heavy (non-hydrogen) atoms. The lowest BCUT2D eigenvalue weighted by Gasteiger charge is -2.22. The summed E-state index contributed by atoms with van der Waals surface area (Å²) in [5.74, 6) is 0. The number of anilines is 1. The third-order valence-electron chi connectivity index (χ3n) is 3.04. The van der Waals surface area contributed by atoms with E-state index in [-0.39, 0.29) is 13.2 Å². The first-order valence-electron chi connectivity index (χ1n) is 6.23. The lowest BCUT2D eigenvalue weighted by Crippen LogP contribution is -2.31. The summed E-state index contributed by atoms with van der Waals surface area (Å²) < 4.78 is 39.7. The zero-order valence-electron chi connectivity index (χ0n) is 10.5. The Morgan fingerprint density at radius 1 is 1.32 bits per heavy atom. The molecule has 1 aromatic carbocycles. The maximum Gasteiger partial charge on any atom is 0.522 e. The summed E-state index contributed by atoms with van der Waals surface area (Å²) >= 11 is 0. The van der Waals surface area contributed by atoms with E-state index < -0.39 is 6.36 Å². The number of benzene rings is 1. The second-order valence-corrected chi connectivity index (χ2v) is 4.74. The van der Waals surface area contributed by atoms with Crippen LogP contribution in [0.3, 0.4) is 0 Å². The number of halogens is 3. The van der Waals surface area contributed by atoms with Crippen LogP contribution >= 0.6 is 0 Å². The monoisotopic (exact) mass is 274 g/mol. The molecule has 2 rings (SSSR count). The molecule has 6 heteroatoms. The fourth-order valence-electron chi connectivity index (χ4n) is 2.04. The molecule has 1 fully saturated rings. The highest BCUT2D eigenvalue weighted by atomic mass is 19.4. The van der Waals surface area contributed by atoms with E-state index in [1.54, 1.807) is 6.07 Å². The SMILES string of the molecule is Nc1cccc(CN(CCOC(F)(F)F)C2CC2)c1. The van der Waals surface area contributed by atoms with Crippen molar-refractivity contribution in [2.24, 2.45) is 0 Å². The quantitative estimate of drug-likeness (QED) is 0.811. The fourth-order valence-corrected chi connectivity index (χ4v) is 2.04. The second-order valence-electron chi connectivity index (χ2n) is 4.74. The Balaban J connectivity index is 1.86. The van der Waals surface area contributed by atoms with Crippen molar-refractivity contribution in [2.75, 3.05) is 18.9 Å². The van der Waals surface area contributed by atoms with Gasteiger partial charge in [0.25, 0.3) is 0 Å². The van der Waals surface area contributed by atoms with Crippen molar-refractivity contribution in [1.29, 1.82) is 0 Å². The van der Waals surface area contributed by atoms with Crippen LogP contribution in [0.1, 0.15) is 18.4 Å². The summed E-state index contributed by atoms with van der Waals surface area (Å²) in [6.45, 7) is 0.554. The summed E-state index contributed by atoms with van der Waals surface area (Å²) in [5.41, 5.74) is 7.37. The van der Waals surface area contributed by atoms with Gasteiger partial charge >= 0.3 is 6.36 Å². The molecule has 0 aliphatic heterocycles. The molecule has 0 saturated heterocycles. The Hall–Kier alpha value is -1.27. The van der Waals surface area contributed by atoms with Gasteiger partial charge in [0, 0.05) is 24.8 Å². The van der Waals surface area contributed by atoms with Crippen LogP contribution < -0.4 is 5.73 Å². The molecule has 0 radical (unpaired) electrons. The van der Waals surface area contributed by atoms with E-state index in [0.29, 0.717) is 18.3 Å². The third-order valence-corrected chi connectivity index (χ3v) is 3.04. The number of hydrogen-bond donors (Lipinski definition) is 1. The summed E-state index contributed by atoms with van der Waals surface area (Å²) in [6, 6.07) is 7.79. The topological polar surface area (TPSA) is 38.5 Å². The third kappa shape index (κ3) is 5.08. The van der Waals surface area contributed by atoms with Crippen LogP contribution in [0.5, 0.6) is 0 Å². The van der Waals surface area contributed by atoms with Gasteiger partial charge in [-0.2, -0.15) is 0 Å². The van der Waals surface area contributed by atoms with E-state index in [4.69, 9.17) is 5.73 Å². The molecule has 1 aliphatic rings. The minimum atomic E-state index is -4.55. The number of nitrogen functional groups attached to an aromatic ring is 1. The molecule has 0 amide bonds. The molecule has 0 aromatic heterocycles. The minimum Gasteiger partial charge on any atom is -0.399 e. The zero-order chi connectivity index (χ0) is 13.9. The first kappa shape index (κ1) is 14.1. The predicted octanol–water partition coefficient (Wildman–Crippen LogP) is 2.77. The highest BCUT2D eigenvalue weighted by Crippen LogP contribution is 2.28. The molecule has 106 valence electrons. The number of hydrogen-bond acceptors (Lipinski definition) is 3. The summed E-state index contributed by atoms with van der Waals surface area (Å²) in [6.07, 6.45) is -2.48. The molecule has 0 atom stereocenters. The van der Waals surface area contributed by atoms with Gasteiger partial charge in [0.2, 0.25) is 0 Å². The molecule has 1 aromatic rings. The van der Waals surface area contributed by atoms with Crippen molar-refractivity contribution in [3.05, 3.63) is 29.8 Å². The standard InChI is InChI=1S/C13H17F3N2O/c14-13(15,16)19-7-6-18(12-4-5-12)9-10-2-1-3-11(17)8-10/h1-3,8,12H,4-7,9,17H2. The van der Waals surface area contributed by atoms with Crippen molar-refractivity contribution in [2.45, 2.75) is 31.8 Å². The summed E-state index contributed by atoms with van der Waals surface area (Å²) in [7, 11) is 0. The lowest BCUT2D eigenvalue weighted by atomic mass is 10.2. The van der Waals surface area contributed by atoms with Crippen LogP contribution in [0.15, 0.2) is 24.3 Å². The highest BCUT2D eigenvalue weighted by molar-refractivity contribution is 5.40. The van der Waals surface area contributed by atoms with Crippen molar-refractivity contribution < 1.29 is 17.9 Å². The van der Waals surface area contributed by atoms with Gasteiger partial charge in [-0.15, -0.1) is 13.2 Å². The number of rotatable bonds is 6. The summed E-state index contributed by atoms with van der Waals surface area (Å²) in [5, 5.41) is 0. The fraction of sp³-hybridized carbons (Fsp3) is 0.538. The lowest BCUT2D eigenvalue weighted by molar-refractivity contribution is -0.325. The average molecular weight is 274 g/mol. The first-order chi connectivity index (χ1) is 8.94. The summed E-state index contributed by atoms with van der Waals surface area (Å²) in [4.78, 5) is 2.01. The molecule has 2 N–H and O–H groups in total. The van der Waals surface area contributed by atoms with E-state index in [9.17, 15) is 13.2 Å². The van der Waals surface area contributed by atoms with Crippen LogP contribution in [0.2, 0.25) is 0 Å². The van der Waals surface area contributed by atoms with E-state index in [1.165, 1.54) is 0 Å². The van der Waals surface area contributed by atoms with Crippen LogP contribution in [-0.2, 0) is 11.3 Å². The van der Waals surface area contributed by atoms with Gasteiger partial charge in [-0.1, -0.05) is 12.1 Å². The second kappa shape index (κ2) is 5.79. The molecule has 1 saturated carbocycles. The van der Waals surface area contributed by atoms with E-state index in [2.05, 4.69) is 4.74 Å². The first-order valence-corrected chi connectivity index (χ1v) is 6.23. The molecule has 0 heterocycles. The molecular formula is C13H17F3N2O. The van der Waals surface area contributed by atoms with Gasteiger partial charge in [0.1, 0.15) is 0 Å². The van der Waals surface area contributed by atoms with Gasteiger partial charge in [-0.25, -0.2) is 0 Å². The maximum absolute atomic E-state index is 11.9. The van der Waals surface area contributed by atoms with Gasteiger partial charge in [-0.3, -0.25) is 9.64 Å². The molecule has 0 bridgehead atoms. The van der Waals surface area contributed by atoms with Crippen molar-refractivity contribution in [3.63, 3.8) is 0 Å². The van der Waals surface area contributed by atoms with Crippen molar-refractivity contribution in [3.8, 4) is 0 Å².